The predicted octanol–water partition coefficient (Wildman–Crippen LogP) is 2.61. The molecule has 1 saturated carbocycles. The Morgan fingerprint density at radius 1 is 1.18 bits per heavy atom. The third kappa shape index (κ3) is 5.10. The Balaban J connectivity index is 0.00000121. The average molecular weight is 346 g/mol. The van der Waals surface area contributed by atoms with E-state index in [1.54, 1.807) is 0 Å². The first-order valence-corrected chi connectivity index (χ1v) is 7.91. The summed E-state index contributed by atoms with van der Waals surface area (Å²) in [5, 5.41) is 3.72. The molecule has 1 saturated heterocycles. The van der Waals surface area contributed by atoms with Crippen molar-refractivity contribution in [3.63, 3.8) is 0 Å². The lowest BCUT2D eigenvalue weighted by Gasteiger charge is -2.20. The van der Waals surface area contributed by atoms with Gasteiger partial charge in [0.05, 0.1) is 0 Å². The van der Waals surface area contributed by atoms with Crippen molar-refractivity contribution in [2.75, 3.05) is 40.3 Å². The van der Waals surface area contributed by atoms with Crippen LogP contribution in [0.5, 0.6) is 0 Å². The average Bonchev–Trinajstić information content (AvgIpc) is 3.07. The Labute approximate surface area is 147 Å². The number of benzene rings is 1. The van der Waals surface area contributed by atoms with Gasteiger partial charge in [0.15, 0.2) is 0 Å². The third-order valence-electron chi connectivity index (χ3n) is 4.83. The number of rotatable bonds is 6. The zero-order valence-corrected chi connectivity index (χ0v) is 15.2. The fraction of sp³-hybridized carbons (Fsp3) is 0.647. The van der Waals surface area contributed by atoms with Crippen molar-refractivity contribution in [2.45, 2.75) is 30.8 Å². The molecule has 0 amide bonds. The number of likely N-dealkylation sites (tertiary alicyclic amines) is 1. The summed E-state index contributed by atoms with van der Waals surface area (Å²) in [6.07, 6.45) is 2.63. The maximum absolute atomic E-state index is 3.72. The fourth-order valence-electron chi connectivity index (χ4n) is 3.33. The van der Waals surface area contributed by atoms with E-state index in [4.69, 9.17) is 0 Å². The quantitative estimate of drug-likeness (QED) is 0.854. The minimum absolute atomic E-state index is 0. The van der Waals surface area contributed by atoms with Crippen LogP contribution in [0.15, 0.2) is 30.3 Å². The Hall–Kier alpha value is -0.320. The molecule has 1 N–H and O–H groups in total. The van der Waals surface area contributed by atoms with E-state index in [-0.39, 0.29) is 24.8 Å². The zero-order chi connectivity index (χ0) is 13.9. The summed E-state index contributed by atoms with van der Waals surface area (Å²) < 4.78 is 0. The first-order chi connectivity index (χ1) is 9.74. The molecule has 1 heterocycles. The molecule has 3 nitrogen and oxygen atoms in total. The molecular formula is C17H29Cl2N3. The largest absolute Gasteiger partial charge is 0.312 e. The predicted molar refractivity (Wildman–Crippen MR) is 98.6 cm³/mol. The molecule has 1 aliphatic carbocycles. The number of hydrogen-bond acceptors (Lipinski definition) is 3. The molecule has 1 aromatic carbocycles. The smallest absolute Gasteiger partial charge is 0.0229 e. The number of halogens is 2. The summed E-state index contributed by atoms with van der Waals surface area (Å²) in [5.74, 6) is 0.754. The molecule has 3 rings (SSSR count). The van der Waals surface area contributed by atoms with E-state index in [9.17, 15) is 0 Å². The van der Waals surface area contributed by atoms with Crippen LogP contribution < -0.4 is 5.32 Å². The van der Waals surface area contributed by atoms with Gasteiger partial charge in [-0.2, -0.15) is 0 Å². The highest BCUT2D eigenvalue weighted by molar-refractivity contribution is 5.85. The van der Waals surface area contributed by atoms with Crippen molar-refractivity contribution in [3.8, 4) is 0 Å². The Morgan fingerprint density at radius 2 is 1.91 bits per heavy atom. The summed E-state index contributed by atoms with van der Waals surface area (Å²) in [6.45, 7) is 4.83. The van der Waals surface area contributed by atoms with Crippen LogP contribution in [0.4, 0.5) is 0 Å². The molecule has 22 heavy (non-hydrogen) atoms. The topological polar surface area (TPSA) is 18.5 Å². The van der Waals surface area contributed by atoms with E-state index in [0.717, 1.165) is 18.5 Å². The number of nitrogens with zero attached hydrogens (tertiary/aromatic N) is 2. The lowest BCUT2D eigenvalue weighted by Crippen LogP contribution is -2.35. The summed E-state index contributed by atoms with van der Waals surface area (Å²) in [6, 6.07) is 12.4. The van der Waals surface area contributed by atoms with Gasteiger partial charge in [-0.25, -0.2) is 0 Å². The Morgan fingerprint density at radius 3 is 2.55 bits per heavy atom. The van der Waals surface area contributed by atoms with Gasteiger partial charge < -0.3 is 15.1 Å². The van der Waals surface area contributed by atoms with Gasteiger partial charge in [0.1, 0.15) is 0 Å². The molecule has 1 unspecified atom stereocenters. The van der Waals surface area contributed by atoms with Crippen molar-refractivity contribution in [1.82, 2.24) is 15.1 Å². The van der Waals surface area contributed by atoms with Crippen molar-refractivity contribution < 1.29 is 0 Å². The molecule has 3 atom stereocenters. The van der Waals surface area contributed by atoms with Crippen LogP contribution >= 0.6 is 24.8 Å². The lowest BCUT2D eigenvalue weighted by molar-refractivity contribution is 0.268. The molecular weight excluding hydrogens is 317 g/mol. The molecule has 0 bridgehead atoms. The molecule has 0 radical (unpaired) electrons. The highest BCUT2D eigenvalue weighted by Gasteiger charge is 2.37. The molecule has 0 aromatic heterocycles. The highest BCUT2D eigenvalue weighted by atomic mass is 35.5. The van der Waals surface area contributed by atoms with E-state index in [0.29, 0.717) is 6.04 Å². The summed E-state index contributed by atoms with van der Waals surface area (Å²) in [5.41, 5.74) is 1.50. The van der Waals surface area contributed by atoms with Crippen LogP contribution in [0.1, 0.15) is 24.3 Å². The second-order valence-electron chi connectivity index (χ2n) is 6.52. The lowest BCUT2D eigenvalue weighted by atomic mass is 10.1. The standard InChI is InChI=1S/C17H27N3.2ClH/c1-19(2)15-8-10-20(13-15)11-9-18-17-12-16(17)14-6-4-3-5-7-14;;/h3-7,15-18H,8-13H2,1-2H3;2*1H/t15-,16?,17-;;/m0../s1. The van der Waals surface area contributed by atoms with Gasteiger partial charge >= 0.3 is 0 Å². The van der Waals surface area contributed by atoms with Gasteiger partial charge in [0.25, 0.3) is 0 Å². The van der Waals surface area contributed by atoms with E-state index in [1.807, 2.05) is 0 Å². The molecule has 1 aliphatic heterocycles. The van der Waals surface area contributed by atoms with Crippen LogP contribution in [-0.2, 0) is 0 Å². The van der Waals surface area contributed by atoms with Crippen LogP contribution in [-0.4, -0.2) is 62.2 Å². The van der Waals surface area contributed by atoms with E-state index in [1.165, 1.54) is 38.0 Å². The van der Waals surface area contributed by atoms with Gasteiger partial charge in [0, 0.05) is 37.6 Å². The van der Waals surface area contributed by atoms with E-state index >= 15 is 0 Å². The summed E-state index contributed by atoms with van der Waals surface area (Å²) in [7, 11) is 4.39. The minimum atomic E-state index is 0. The second kappa shape index (κ2) is 9.09. The first-order valence-electron chi connectivity index (χ1n) is 7.91. The van der Waals surface area contributed by atoms with Gasteiger partial charge in [-0.05, 0) is 39.0 Å². The van der Waals surface area contributed by atoms with Gasteiger partial charge in [0.2, 0.25) is 0 Å². The van der Waals surface area contributed by atoms with Crippen molar-refractivity contribution in [2.24, 2.45) is 0 Å². The van der Waals surface area contributed by atoms with Crippen molar-refractivity contribution >= 4 is 24.8 Å². The molecule has 1 aromatic rings. The van der Waals surface area contributed by atoms with Gasteiger partial charge in [-0.3, -0.25) is 0 Å². The van der Waals surface area contributed by atoms with Gasteiger partial charge in [-0.1, -0.05) is 30.3 Å². The number of nitrogens with one attached hydrogen (secondary N) is 1. The third-order valence-corrected chi connectivity index (χ3v) is 4.83. The maximum Gasteiger partial charge on any atom is 0.0229 e. The van der Waals surface area contributed by atoms with E-state index < -0.39 is 0 Å². The van der Waals surface area contributed by atoms with Crippen molar-refractivity contribution in [1.29, 1.82) is 0 Å². The molecule has 126 valence electrons. The number of hydrogen-bond donors (Lipinski definition) is 1. The van der Waals surface area contributed by atoms with Crippen LogP contribution in [0.2, 0.25) is 0 Å². The van der Waals surface area contributed by atoms with Crippen molar-refractivity contribution in [3.05, 3.63) is 35.9 Å². The Kier molecular flexibility index (Phi) is 8.15. The molecule has 2 fully saturated rings. The van der Waals surface area contributed by atoms with Crippen LogP contribution in [0.25, 0.3) is 0 Å². The molecule has 0 spiro atoms. The number of likely N-dealkylation sites (N-methyl/N-ethyl adjacent to an activating group) is 1. The van der Waals surface area contributed by atoms with Crippen LogP contribution in [0, 0.1) is 0 Å². The summed E-state index contributed by atoms with van der Waals surface area (Å²) in [4.78, 5) is 4.96. The maximum atomic E-state index is 3.72. The highest BCUT2D eigenvalue weighted by Crippen LogP contribution is 2.40. The normalized spacial score (nSPS) is 27.3. The minimum Gasteiger partial charge on any atom is -0.312 e. The SMILES string of the molecule is CN(C)[C@H]1CCN(CCN[C@H]2CC2c2ccccc2)C1.Cl.Cl. The summed E-state index contributed by atoms with van der Waals surface area (Å²) >= 11 is 0. The monoisotopic (exact) mass is 345 g/mol. The second-order valence-corrected chi connectivity index (χ2v) is 6.52. The first kappa shape index (κ1) is 19.7. The fourth-order valence-corrected chi connectivity index (χ4v) is 3.33. The Bertz CT molecular complexity index is 427. The van der Waals surface area contributed by atoms with Crippen LogP contribution in [0.3, 0.4) is 0 Å². The van der Waals surface area contributed by atoms with E-state index in [2.05, 4.69) is 59.5 Å². The molecule has 2 aliphatic rings. The molecule has 5 heteroatoms. The van der Waals surface area contributed by atoms with Gasteiger partial charge in [-0.15, -0.1) is 24.8 Å². The zero-order valence-electron chi connectivity index (χ0n) is 13.6.